The van der Waals surface area contributed by atoms with Gasteiger partial charge in [0, 0.05) is 25.7 Å². The molecule has 1 fully saturated rings. The first-order valence-corrected chi connectivity index (χ1v) is 8.85. The smallest absolute Gasteiger partial charge is 0.407 e. The molecule has 1 aromatic carbocycles. The van der Waals surface area contributed by atoms with Crippen LogP contribution in [0.5, 0.6) is 0 Å². The summed E-state index contributed by atoms with van der Waals surface area (Å²) < 4.78 is 5.30. The number of nitrogens with zero attached hydrogens (tertiary/aromatic N) is 1. The Morgan fingerprint density at radius 1 is 1.17 bits per heavy atom. The van der Waals surface area contributed by atoms with E-state index in [2.05, 4.69) is 28.4 Å². The van der Waals surface area contributed by atoms with Gasteiger partial charge < -0.3 is 10.1 Å². The SMILES string of the molecule is O=C(NC1CCN(CC2=CCCC=C2)CC1)OCc1ccccc1. The molecule has 0 saturated carbocycles. The number of carbonyl (C=O) groups excluding carboxylic acids is 1. The zero-order valence-corrected chi connectivity index (χ0v) is 14.1. The van der Waals surface area contributed by atoms with Crippen molar-refractivity contribution in [1.82, 2.24) is 10.2 Å². The molecule has 24 heavy (non-hydrogen) atoms. The first-order valence-electron chi connectivity index (χ1n) is 8.85. The van der Waals surface area contributed by atoms with E-state index in [1.54, 1.807) is 0 Å². The monoisotopic (exact) mass is 326 g/mol. The highest BCUT2D eigenvalue weighted by atomic mass is 16.5. The van der Waals surface area contributed by atoms with Gasteiger partial charge in [-0.2, -0.15) is 0 Å². The van der Waals surface area contributed by atoms with E-state index in [9.17, 15) is 4.79 Å². The minimum atomic E-state index is -0.310. The van der Waals surface area contributed by atoms with Crippen LogP contribution in [0, 0.1) is 0 Å². The van der Waals surface area contributed by atoms with Gasteiger partial charge in [-0.25, -0.2) is 4.79 Å². The maximum atomic E-state index is 11.9. The average Bonchev–Trinajstić information content (AvgIpc) is 2.63. The van der Waals surface area contributed by atoms with Crippen LogP contribution >= 0.6 is 0 Å². The van der Waals surface area contributed by atoms with E-state index in [0.717, 1.165) is 44.5 Å². The minimum Gasteiger partial charge on any atom is -0.445 e. The number of piperidine rings is 1. The number of hydrogen-bond donors (Lipinski definition) is 1. The molecule has 0 spiro atoms. The van der Waals surface area contributed by atoms with Gasteiger partial charge in [0.25, 0.3) is 0 Å². The molecule has 0 radical (unpaired) electrons. The lowest BCUT2D eigenvalue weighted by atomic mass is 10.0. The highest BCUT2D eigenvalue weighted by Gasteiger charge is 2.21. The molecule has 1 aliphatic heterocycles. The largest absolute Gasteiger partial charge is 0.445 e. The molecule has 4 nitrogen and oxygen atoms in total. The summed E-state index contributed by atoms with van der Waals surface area (Å²) in [6.07, 6.45) is 10.8. The molecule has 1 aromatic rings. The molecule has 0 unspecified atom stereocenters. The maximum absolute atomic E-state index is 11.9. The number of hydrogen-bond acceptors (Lipinski definition) is 3. The van der Waals surface area contributed by atoms with Crippen molar-refractivity contribution in [3.8, 4) is 0 Å². The number of ether oxygens (including phenoxy) is 1. The third kappa shape index (κ3) is 5.24. The van der Waals surface area contributed by atoms with Crippen molar-refractivity contribution >= 4 is 6.09 Å². The van der Waals surface area contributed by atoms with Crippen LogP contribution < -0.4 is 5.32 Å². The van der Waals surface area contributed by atoms with Gasteiger partial charge in [-0.1, -0.05) is 48.6 Å². The molecule has 1 aliphatic carbocycles. The van der Waals surface area contributed by atoms with Gasteiger partial charge >= 0.3 is 6.09 Å². The van der Waals surface area contributed by atoms with Crippen molar-refractivity contribution in [2.45, 2.75) is 38.3 Å². The Morgan fingerprint density at radius 2 is 1.96 bits per heavy atom. The van der Waals surface area contributed by atoms with E-state index < -0.39 is 0 Å². The summed E-state index contributed by atoms with van der Waals surface area (Å²) in [4.78, 5) is 14.4. The highest BCUT2D eigenvalue weighted by Crippen LogP contribution is 2.16. The minimum absolute atomic E-state index is 0.223. The second-order valence-electron chi connectivity index (χ2n) is 6.52. The fourth-order valence-electron chi connectivity index (χ4n) is 3.21. The lowest BCUT2D eigenvalue weighted by Crippen LogP contribution is -2.45. The summed E-state index contributed by atoms with van der Waals surface area (Å²) >= 11 is 0. The quantitative estimate of drug-likeness (QED) is 0.898. The molecule has 1 N–H and O–H groups in total. The summed E-state index contributed by atoms with van der Waals surface area (Å²) in [5.41, 5.74) is 2.44. The number of alkyl carbamates (subject to hydrolysis) is 1. The highest BCUT2D eigenvalue weighted by molar-refractivity contribution is 5.67. The predicted molar refractivity (Wildman–Crippen MR) is 95.7 cm³/mol. The van der Waals surface area contributed by atoms with Gasteiger partial charge in [-0.05, 0) is 36.8 Å². The van der Waals surface area contributed by atoms with Gasteiger partial charge in [-0.15, -0.1) is 0 Å². The zero-order chi connectivity index (χ0) is 16.6. The summed E-state index contributed by atoms with van der Waals surface area (Å²) in [5, 5.41) is 3.00. The van der Waals surface area contributed by atoms with Gasteiger partial charge in [-0.3, -0.25) is 4.90 Å². The van der Waals surface area contributed by atoms with E-state index >= 15 is 0 Å². The molecule has 0 bridgehead atoms. The second-order valence-corrected chi connectivity index (χ2v) is 6.52. The van der Waals surface area contributed by atoms with Crippen LogP contribution in [0.2, 0.25) is 0 Å². The predicted octanol–water partition coefficient (Wildman–Crippen LogP) is 3.65. The van der Waals surface area contributed by atoms with E-state index in [1.165, 1.54) is 12.0 Å². The molecule has 128 valence electrons. The van der Waals surface area contributed by atoms with Crippen LogP contribution in [0.3, 0.4) is 0 Å². The summed E-state index contributed by atoms with van der Waals surface area (Å²) in [5.74, 6) is 0. The molecule has 1 amide bonds. The van der Waals surface area contributed by atoms with Crippen LogP contribution in [0.25, 0.3) is 0 Å². The topological polar surface area (TPSA) is 41.6 Å². The molecule has 0 atom stereocenters. The van der Waals surface area contributed by atoms with Crippen LogP contribution in [-0.4, -0.2) is 36.7 Å². The molecule has 1 saturated heterocycles. The number of allylic oxidation sites excluding steroid dienone is 2. The number of carbonyl (C=O) groups is 1. The Hall–Kier alpha value is -2.07. The van der Waals surface area contributed by atoms with E-state index in [-0.39, 0.29) is 12.1 Å². The van der Waals surface area contributed by atoms with E-state index in [1.807, 2.05) is 30.3 Å². The molecule has 1 heterocycles. The normalized spacial score (nSPS) is 18.9. The number of likely N-dealkylation sites (tertiary alicyclic amines) is 1. The molecular weight excluding hydrogens is 300 g/mol. The van der Waals surface area contributed by atoms with E-state index in [0.29, 0.717) is 6.61 Å². The van der Waals surface area contributed by atoms with Gasteiger partial charge in [0.15, 0.2) is 0 Å². The third-order valence-corrected chi connectivity index (χ3v) is 4.60. The maximum Gasteiger partial charge on any atom is 0.407 e. The Bertz CT molecular complexity index is 587. The first kappa shape index (κ1) is 16.8. The Kier molecular flexibility index (Phi) is 6.07. The standard InChI is InChI=1S/C20H26N2O2/c23-20(24-16-18-9-5-2-6-10-18)21-19-11-13-22(14-12-19)15-17-7-3-1-4-8-17/h2-3,5-10,19H,1,4,11-16H2,(H,21,23). The number of amides is 1. The number of nitrogens with one attached hydrogen (secondary N) is 1. The Morgan fingerprint density at radius 3 is 2.67 bits per heavy atom. The average molecular weight is 326 g/mol. The first-order chi connectivity index (χ1) is 11.8. The Labute approximate surface area is 144 Å². The lowest BCUT2D eigenvalue weighted by molar-refractivity contribution is 0.127. The molecular formula is C20H26N2O2. The van der Waals surface area contributed by atoms with Gasteiger partial charge in [0.2, 0.25) is 0 Å². The van der Waals surface area contributed by atoms with Crippen LogP contribution in [-0.2, 0) is 11.3 Å². The van der Waals surface area contributed by atoms with Crippen molar-refractivity contribution < 1.29 is 9.53 Å². The van der Waals surface area contributed by atoms with Crippen LogP contribution in [0.15, 0.2) is 54.1 Å². The number of benzene rings is 1. The summed E-state index contributed by atoms with van der Waals surface area (Å²) in [6.45, 7) is 3.40. The molecule has 3 rings (SSSR count). The lowest BCUT2D eigenvalue weighted by Gasteiger charge is -2.32. The Balaban J connectivity index is 1.35. The summed E-state index contributed by atoms with van der Waals surface area (Å²) in [7, 11) is 0. The zero-order valence-electron chi connectivity index (χ0n) is 14.1. The van der Waals surface area contributed by atoms with Gasteiger partial charge in [0.05, 0.1) is 0 Å². The second kappa shape index (κ2) is 8.69. The van der Waals surface area contributed by atoms with Crippen LogP contribution in [0.4, 0.5) is 4.79 Å². The molecule has 4 heteroatoms. The summed E-state index contributed by atoms with van der Waals surface area (Å²) in [6, 6.07) is 9.99. The molecule has 2 aliphatic rings. The van der Waals surface area contributed by atoms with Crippen molar-refractivity contribution in [3.63, 3.8) is 0 Å². The number of rotatable bonds is 5. The van der Waals surface area contributed by atoms with Crippen molar-refractivity contribution in [2.75, 3.05) is 19.6 Å². The van der Waals surface area contributed by atoms with Crippen molar-refractivity contribution in [1.29, 1.82) is 0 Å². The third-order valence-electron chi connectivity index (χ3n) is 4.60. The fourth-order valence-corrected chi connectivity index (χ4v) is 3.21. The van der Waals surface area contributed by atoms with Crippen LogP contribution in [0.1, 0.15) is 31.2 Å². The van der Waals surface area contributed by atoms with Crippen molar-refractivity contribution in [3.05, 3.63) is 59.7 Å². The van der Waals surface area contributed by atoms with Gasteiger partial charge in [0.1, 0.15) is 6.61 Å². The molecule has 0 aromatic heterocycles. The van der Waals surface area contributed by atoms with Crippen molar-refractivity contribution in [2.24, 2.45) is 0 Å². The van der Waals surface area contributed by atoms with E-state index in [4.69, 9.17) is 4.74 Å². The fraction of sp³-hybridized carbons (Fsp3) is 0.450.